The summed E-state index contributed by atoms with van der Waals surface area (Å²) in [6, 6.07) is 3.41. The average Bonchev–Trinajstić information content (AvgIpc) is 2.36. The van der Waals surface area contributed by atoms with Crippen LogP contribution in [0, 0.1) is 0 Å². The Morgan fingerprint density at radius 2 is 1.95 bits per heavy atom. The van der Waals surface area contributed by atoms with Gasteiger partial charge in [-0.2, -0.15) is 0 Å². The van der Waals surface area contributed by atoms with Gasteiger partial charge in [-0.05, 0) is 25.0 Å². The molecule has 0 aliphatic rings. The first-order valence-electron chi connectivity index (χ1n) is 6.54. The highest BCUT2D eigenvalue weighted by Gasteiger charge is 2.10. The molecule has 1 aromatic heterocycles. The molecule has 1 heterocycles. The van der Waals surface area contributed by atoms with Gasteiger partial charge in [-0.1, -0.05) is 20.3 Å². The molecule has 0 fully saturated rings. The van der Waals surface area contributed by atoms with E-state index in [1.807, 2.05) is 18.9 Å². The maximum absolute atomic E-state index is 11.6. The number of hydrogen-bond acceptors (Lipinski definition) is 5. The summed E-state index contributed by atoms with van der Waals surface area (Å²) in [7, 11) is -1.35. The van der Waals surface area contributed by atoms with Crippen LogP contribution in [0.5, 0.6) is 0 Å². The van der Waals surface area contributed by atoms with Crippen LogP contribution in [0.3, 0.4) is 0 Å². The van der Waals surface area contributed by atoms with E-state index < -0.39 is 10.0 Å². The van der Waals surface area contributed by atoms with Crippen LogP contribution in [0.15, 0.2) is 12.1 Å². The van der Waals surface area contributed by atoms with E-state index in [0.29, 0.717) is 6.42 Å². The lowest BCUT2D eigenvalue weighted by molar-refractivity contribution is 0.599. The van der Waals surface area contributed by atoms with Crippen molar-refractivity contribution in [1.82, 2.24) is 10.2 Å². The predicted octanol–water partition coefficient (Wildman–Crippen LogP) is 1.86. The van der Waals surface area contributed by atoms with Gasteiger partial charge in [-0.3, -0.25) is 4.72 Å². The van der Waals surface area contributed by atoms with Crippen molar-refractivity contribution in [1.29, 1.82) is 0 Å². The molecule has 7 heteroatoms. The van der Waals surface area contributed by atoms with E-state index in [1.165, 1.54) is 0 Å². The average molecular weight is 286 g/mol. The van der Waals surface area contributed by atoms with Crippen molar-refractivity contribution in [3.8, 4) is 0 Å². The summed E-state index contributed by atoms with van der Waals surface area (Å²) in [6.45, 7) is 4.86. The molecule has 0 aromatic carbocycles. The Bertz CT molecular complexity index is 473. The molecule has 0 saturated heterocycles. The minimum Gasteiger partial charge on any atom is -0.358 e. The van der Waals surface area contributed by atoms with Crippen LogP contribution < -0.4 is 9.62 Å². The fourth-order valence-electron chi connectivity index (χ4n) is 1.57. The normalized spacial score (nSPS) is 11.3. The number of rotatable bonds is 8. The van der Waals surface area contributed by atoms with Crippen LogP contribution in [0.2, 0.25) is 0 Å². The zero-order valence-electron chi connectivity index (χ0n) is 11.8. The molecule has 6 nitrogen and oxygen atoms in total. The fourth-order valence-corrected chi connectivity index (χ4v) is 2.64. The van der Waals surface area contributed by atoms with Gasteiger partial charge in [0.15, 0.2) is 11.6 Å². The highest BCUT2D eigenvalue weighted by Crippen LogP contribution is 2.12. The monoisotopic (exact) mass is 286 g/mol. The lowest BCUT2D eigenvalue weighted by Crippen LogP contribution is -2.21. The Labute approximate surface area is 115 Å². The topological polar surface area (TPSA) is 75.2 Å². The zero-order valence-corrected chi connectivity index (χ0v) is 12.6. The van der Waals surface area contributed by atoms with Crippen molar-refractivity contribution in [2.75, 3.05) is 29.0 Å². The molecule has 19 heavy (non-hydrogen) atoms. The first-order valence-corrected chi connectivity index (χ1v) is 8.19. The van der Waals surface area contributed by atoms with Crippen molar-refractivity contribution in [2.45, 2.75) is 33.1 Å². The van der Waals surface area contributed by atoms with Crippen LogP contribution >= 0.6 is 0 Å². The van der Waals surface area contributed by atoms with Gasteiger partial charge in [0.05, 0.1) is 5.75 Å². The van der Waals surface area contributed by atoms with Gasteiger partial charge >= 0.3 is 0 Å². The van der Waals surface area contributed by atoms with Crippen LogP contribution in [-0.4, -0.2) is 38.0 Å². The Morgan fingerprint density at radius 1 is 1.21 bits per heavy atom. The standard InChI is InChI=1S/C12H22N4O2S/c1-4-6-9-16(3)12-8-7-11(13-14-12)15-19(17,18)10-5-2/h7-8H,4-6,9-10H2,1-3H3,(H,13,15). The predicted molar refractivity (Wildman–Crippen MR) is 77.9 cm³/mol. The molecule has 0 atom stereocenters. The molecular formula is C12H22N4O2S. The van der Waals surface area contributed by atoms with Crippen molar-refractivity contribution in [3.05, 3.63) is 12.1 Å². The van der Waals surface area contributed by atoms with E-state index in [0.717, 1.165) is 25.2 Å². The van der Waals surface area contributed by atoms with E-state index in [1.54, 1.807) is 12.1 Å². The molecule has 0 amide bonds. The second-order valence-electron chi connectivity index (χ2n) is 4.47. The molecule has 1 rings (SSSR count). The molecule has 0 spiro atoms. The maximum atomic E-state index is 11.6. The Hall–Kier alpha value is -1.37. The third-order valence-electron chi connectivity index (χ3n) is 2.62. The highest BCUT2D eigenvalue weighted by atomic mass is 32.2. The van der Waals surface area contributed by atoms with Crippen LogP contribution in [0.1, 0.15) is 33.1 Å². The molecular weight excluding hydrogens is 264 g/mol. The zero-order chi connectivity index (χ0) is 14.3. The Morgan fingerprint density at radius 3 is 2.47 bits per heavy atom. The van der Waals surface area contributed by atoms with E-state index in [-0.39, 0.29) is 11.6 Å². The molecule has 0 aliphatic heterocycles. The molecule has 108 valence electrons. The number of anilines is 2. The van der Waals surface area contributed by atoms with Gasteiger partial charge in [0.2, 0.25) is 10.0 Å². The number of hydrogen-bond donors (Lipinski definition) is 1. The maximum Gasteiger partial charge on any atom is 0.233 e. The van der Waals surface area contributed by atoms with Gasteiger partial charge < -0.3 is 4.90 Å². The van der Waals surface area contributed by atoms with E-state index in [4.69, 9.17) is 0 Å². The molecule has 0 bridgehead atoms. The molecule has 0 aliphatic carbocycles. The van der Waals surface area contributed by atoms with Crippen LogP contribution in [0.4, 0.5) is 11.6 Å². The number of unbranched alkanes of at least 4 members (excludes halogenated alkanes) is 1. The molecule has 1 aromatic rings. The van der Waals surface area contributed by atoms with Crippen molar-refractivity contribution in [3.63, 3.8) is 0 Å². The van der Waals surface area contributed by atoms with Crippen molar-refractivity contribution >= 4 is 21.7 Å². The van der Waals surface area contributed by atoms with Gasteiger partial charge in [0.1, 0.15) is 0 Å². The smallest absolute Gasteiger partial charge is 0.233 e. The summed E-state index contributed by atoms with van der Waals surface area (Å²) in [6.07, 6.45) is 2.77. The number of nitrogens with zero attached hydrogens (tertiary/aromatic N) is 3. The quantitative estimate of drug-likeness (QED) is 0.789. The van der Waals surface area contributed by atoms with Crippen LogP contribution in [-0.2, 0) is 10.0 Å². The minimum atomic E-state index is -3.30. The second-order valence-corrected chi connectivity index (χ2v) is 6.31. The first kappa shape index (κ1) is 15.7. The first-order chi connectivity index (χ1) is 8.98. The van der Waals surface area contributed by atoms with E-state index in [2.05, 4.69) is 21.8 Å². The second kappa shape index (κ2) is 7.28. The molecule has 0 saturated carbocycles. The highest BCUT2D eigenvalue weighted by molar-refractivity contribution is 7.92. The summed E-state index contributed by atoms with van der Waals surface area (Å²) >= 11 is 0. The van der Waals surface area contributed by atoms with E-state index in [9.17, 15) is 8.42 Å². The largest absolute Gasteiger partial charge is 0.358 e. The molecule has 1 N–H and O–H groups in total. The number of sulfonamides is 1. The summed E-state index contributed by atoms with van der Waals surface area (Å²) in [5.74, 6) is 1.10. The third kappa shape index (κ3) is 5.42. The summed E-state index contributed by atoms with van der Waals surface area (Å²) < 4.78 is 25.6. The Balaban J connectivity index is 2.66. The minimum absolute atomic E-state index is 0.0901. The third-order valence-corrected chi connectivity index (χ3v) is 4.09. The molecule has 0 unspecified atom stereocenters. The summed E-state index contributed by atoms with van der Waals surface area (Å²) in [5, 5.41) is 7.92. The van der Waals surface area contributed by atoms with E-state index >= 15 is 0 Å². The molecule has 0 radical (unpaired) electrons. The fraction of sp³-hybridized carbons (Fsp3) is 0.667. The summed E-state index contributed by atoms with van der Waals surface area (Å²) in [4.78, 5) is 2.00. The van der Waals surface area contributed by atoms with Gasteiger partial charge in [0, 0.05) is 13.6 Å². The SMILES string of the molecule is CCCCN(C)c1ccc(NS(=O)(=O)CCC)nn1. The van der Waals surface area contributed by atoms with Crippen molar-refractivity contribution in [2.24, 2.45) is 0 Å². The van der Waals surface area contributed by atoms with Gasteiger partial charge in [-0.25, -0.2) is 8.42 Å². The lowest BCUT2D eigenvalue weighted by Gasteiger charge is -2.17. The van der Waals surface area contributed by atoms with Gasteiger partial charge in [-0.15, -0.1) is 10.2 Å². The van der Waals surface area contributed by atoms with Crippen molar-refractivity contribution < 1.29 is 8.42 Å². The lowest BCUT2D eigenvalue weighted by atomic mass is 10.3. The Kier molecular flexibility index (Phi) is 6.01. The number of nitrogens with one attached hydrogen (secondary N) is 1. The summed E-state index contributed by atoms with van der Waals surface area (Å²) in [5.41, 5.74) is 0. The van der Waals surface area contributed by atoms with Gasteiger partial charge in [0.25, 0.3) is 0 Å². The van der Waals surface area contributed by atoms with Crippen LogP contribution in [0.25, 0.3) is 0 Å². The number of aromatic nitrogens is 2.